The number of nitrogens with zero attached hydrogens (tertiary/aromatic N) is 2. The molecule has 1 heterocycles. The maximum Gasteiger partial charge on any atom is 0.232 e. The van der Waals surface area contributed by atoms with Gasteiger partial charge in [-0.15, -0.1) is 0 Å². The van der Waals surface area contributed by atoms with E-state index in [2.05, 4.69) is 17.0 Å². The van der Waals surface area contributed by atoms with Gasteiger partial charge in [-0.1, -0.05) is 30.3 Å². The number of anilines is 1. The van der Waals surface area contributed by atoms with Crippen LogP contribution in [0.15, 0.2) is 48.5 Å². The Morgan fingerprint density at radius 1 is 1.06 bits per heavy atom. The fourth-order valence-electron chi connectivity index (χ4n) is 4.05. The molecule has 1 aliphatic carbocycles. The topological polar surface area (TPSA) is 85.1 Å². The number of ether oxygens (including phenoxy) is 2. The van der Waals surface area contributed by atoms with Gasteiger partial charge in [0.2, 0.25) is 11.8 Å². The predicted octanol–water partition coefficient (Wildman–Crippen LogP) is 2.37. The van der Waals surface area contributed by atoms with E-state index in [1.54, 1.807) is 12.0 Å². The first kappa shape index (κ1) is 21.0. The molecule has 164 valence electrons. The van der Waals surface area contributed by atoms with Crippen molar-refractivity contribution in [3.05, 3.63) is 54.1 Å². The van der Waals surface area contributed by atoms with Crippen molar-refractivity contribution in [3.8, 4) is 11.5 Å². The van der Waals surface area contributed by atoms with Gasteiger partial charge in [0, 0.05) is 31.4 Å². The molecule has 0 radical (unpaired) electrons. The summed E-state index contributed by atoms with van der Waals surface area (Å²) >= 11 is 0. The number of benzene rings is 2. The van der Waals surface area contributed by atoms with E-state index < -0.39 is 5.91 Å². The van der Waals surface area contributed by atoms with Crippen LogP contribution in [0.2, 0.25) is 0 Å². The molecule has 7 nitrogen and oxygen atoms in total. The number of hydrogen-bond donors (Lipinski definition) is 1. The maximum absolute atomic E-state index is 12.7. The average Bonchev–Trinajstić information content (AvgIpc) is 3.58. The number of carbonyl (C=O) groups is 2. The van der Waals surface area contributed by atoms with Crippen LogP contribution in [0.25, 0.3) is 0 Å². The van der Waals surface area contributed by atoms with Crippen molar-refractivity contribution in [2.75, 3.05) is 31.6 Å². The van der Waals surface area contributed by atoms with Gasteiger partial charge in [-0.3, -0.25) is 9.59 Å². The number of piperazine rings is 1. The summed E-state index contributed by atoms with van der Waals surface area (Å²) in [4.78, 5) is 28.1. The van der Waals surface area contributed by atoms with E-state index in [-0.39, 0.29) is 24.5 Å². The van der Waals surface area contributed by atoms with Gasteiger partial charge in [0.05, 0.1) is 19.3 Å². The van der Waals surface area contributed by atoms with Crippen molar-refractivity contribution in [1.29, 1.82) is 0 Å². The van der Waals surface area contributed by atoms with Gasteiger partial charge in [0.25, 0.3) is 0 Å². The normalized spacial score (nSPS) is 18.5. The van der Waals surface area contributed by atoms with Gasteiger partial charge in [-0.05, 0) is 37.0 Å². The Bertz CT molecular complexity index is 930. The van der Waals surface area contributed by atoms with Gasteiger partial charge < -0.3 is 25.0 Å². The monoisotopic (exact) mass is 423 g/mol. The molecule has 2 aliphatic rings. The molecule has 1 saturated carbocycles. The van der Waals surface area contributed by atoms with Crippen LogP contribution in [-0.4, -0.2) is 55.6 Å². The van der Waals surface area contributed by atoms with Crippen LogP contribution < -0.4 is 20.1 Å². The van der Waals surface area contributed by atoms with Crippen molar-refractivity contribution in [1.82, 2.24) is 4.90 Å². The van der Waals surface area contributed by atoms with Crippen LogP contribution >= 0.6 is 0 Å². The van der Waals surface area contributed by atoms with Crippen LogP contribution in [-0.2, 0) is 16.0 Å². The van der Waals surface area contributed by atoms with Crippen molar-refractivity contribution < 1.29 is 19.1 Å². The van der Waals surface area contributed by atoms with Crippen LogP contribution in [0, 0.1) is 0 Å². The Labute approximate surface area is 182 Å². The van der Waals surface area contributed by atoms with E-state index in [1.165, 1.54) is 0 Å². The lowest BCUT2D eigenvalue weighted by molar-refractivity contribution is -0.137. The molecule has 0 unspecified atom stereocenters. The Kier molecular flexibility index (Phi) is 6.30. The molecule has 0 bridgehead atoms. The zero-order valence-corrected chi connectivity index (χ0v) is 17.8. The number of carbonyl (C=O) groups excluding carboxylic acids is 2. The minimum absolute atomic E-state index is 0.0575. The largest absolute Gasteiger partial charge is 0.493 e. The summed E-state index contributed by atoms with van der Waals surface area (Å²) in [6, 6.07) is 16.0. The van der Waals surface area contributed by atoms with Crippen LogP contribution in [0.5, 0.6) is 11.5 Å². The summed E-state index contributed by atoms with van der Waals surface area (Å²) in [5, 5.41) is 0. The lowest BCUT2D eigenvalue weighted by atomic mass is 10.0. The Morgan fingerprint density at radius 3 is 2.52 bits per heavy atom. The lowest BCUT2D eigenvalue weighted by Gasteiger charge is -2.42. The highest BCUT2D eigenvalue weighted by molar-refractivity contribution is 5.96. The fraction of sp³-hybridized carbons (Fsp3) is 0.417. The molecule has 1 saturated heterocycles. The minimum Gasteiger partial charge on any atom is -0.493 e. The SMILES string of the molecule is COc1ccc(N2CCN(C(=O)CC(N)=O)[C@@H](Cc3ccccc3)C2)cc1OC1CC1. The molecule has 2 N–H and O–H groups in total. The summed E-state index contributed by atoms with van der Waals surface area (Å²) < 4.78 is 11.5. The molecule has 2 amide bonds. The Balaban J connectivity index is 1.55. The summed E-state index contributed by atoms with van der Waals surface area (Å²) in [5.41, 5.74) is 7.47. The standard InChI is InChI=1S/C24H29N3O4/c1-30-21-10-7-18(14-22(21)31-20-8-9-20)26-11-12-27(24(29)15-23(25)28)19(16-26)13-17-5-3-2-4-6-17/h2-7,10,14,19-20H,8-9,11-13,15-16H2,1H3,(H2,25,28)/t19-/m0/s1. The summed E-state index contributed by atoms with van der Waals surface area (Å²) in [6.07, 6.45) is 2.88. The van der Waals surface area contributed by atoms with E-state index in [0.717, 1.165) is 35.6 Å². The number of amides is 2. The quantitative estimate of drug-likeness (QED) is 0.659. The van der Waals surface area contributed by atoms with Crippen LogP contribution in [0.1, 0.15) is 24.8 Å². The van der Waals surface area contributed by atoms with Crippen molar-refractivity contribution >= 4 is 17.5 Å². The van der Waals surface area contributed by atoms with E-state index >= 15 is 0 Å². The summed E-state index contributed by atoms with van der Waals surface area (Å²) in [7, 11) is 1.65. The number of primary amides is 1. The van der Waals surface area contributed by atoms with Crippen molar-refractivity contribution in [2.24, 2.45) is 5.73 Å². The first-order valence-corrected chi connectivity index (χ1v) is 10.7. The third-order valence-corrected chi connectivity index (χ3v) is 5.77. The molecule has 31 heavy (non-hydrogen) atoms. The first-order chi connectivity index (χ1) is 15.0. The van der Waals surface area contributed by atoms with Crippen LogP contribution in [0.3, 0.4) is 0 Å². The molecule has 2 aromatic carbocycles. The predicted molar refractivity (Wildman–Crippen MR) is 118 cm³/mol. The molecule has 0 aromatic heterocycles. The highest BCUT2D eigenvalue weighted by Crippen LogP contribution is 2.37. The van der Waals surface area contributed by atoms with E-state index in [4.69, 9.17) is 15.2 Å². The highest BCUT2D eigenvalue weighted by atomic mass is 16.5. The number of hydrogen-bond acceptors (Lipinski definition) is 5. The second-order valence-corrected chi connectivity index (χ2v) is 8.17. The third-order valence-electron chi connectivity index (χ3n) is 5.77. The van der Waals surface area contributed by atoms with Crippen LogP contribution in [0.4, 0.5) is 5.69 Å². The van der Waals surface area contributed by atoms with Gasteiger partial charge in [-0.25, -0.2) is 0 Å². The summed E-state index contributed by atoms with van der Waals surface area (Å²) in [6.45, 7) is 1.87. The molecule has 2 aromatic rings. The maximum atomic E-state index is 12.7. The van der Waals surface area contributed by atoms with Gasteiger partial charge in [-0.2, -0.15) is 0 Å². The average molecular weight is 424 g/mol. The highest BCUT2D eigenvalue weighted by Gasteiger charge is 2.32. The zero-order valence-electron chi connectivity index (χ0n) is 17.8. The Morgan fingerprint density at radius 2 is 1.84 bits per heavy atom. The second-order valence-electron chi connectivity index (χ2n) is 8.17. The molecule has 1 atom stereocenters. The smallest absolute Gasteiger partial charge is 0.232 e. The number of rotatable bonds is 8. The van der Waals surface area contributed by atoms with Crippen molar-refractivity contribution in [3.63, 3.8) is 0 Å². The molecular weight excluding hydrogens is 394 g/mol. The van der Waals surface area contributed by atoms with Gasteiger partial charge in [0.15, 0.2) is 11.5 Å². The van der Waals surface area contributed by atoms with E-state index in [0.29, 0.717) is 26.1 Å². The minimum atomic E-state index is -0.595. The Hall–Kier alpha value is -3.22. The van der Waals surface area contributed by atoms with Gasteiger partial charge in [0.1, 0.15) is 6.42 Å². The molecular formula is C24H29N3O4. The molecule has 4 rings (SSSR count). The molecule has 0 spiro atoms. The van der Waals surface area contributed by atoms with E-state index in [1.807, 2.05) is 36.4 Å². The number of nitrogens with two attached hydrogens (primary N) is 1. The van der Waals surface area contributed by atoms with E-state index in [9.17, 15) is 9.59 Å². The molecule has 1 aliphatic heterocycles. The summed E-state index contributed by atoms with van der Waals surface area (Å²) in [5.74, 6) is 0.685. The fourth-order valence-corrected chi connectivity index (χ4v) is 4.05. The lowest BCUT2D eigenvalue weighted by Crippen LogP contribution is -2.56. The van der Waals surface area contributed by atoms with Crippen molar-refractivity contribution in [2.45, 2.75) is 37.8 Å². The molecule has 2 fully saturated rings. The second kappa shape index (κ2) is 9.29. The third kappa shape index (κ3) is 5.29. The zero-order chi connectivity index (χ0) is 21.8. The van der Waals surface area contributed by atoms with Gasteiger partial charge >= 0.3 is 0 Å². The molecule has 7 heteroatoms. The number of methoxy groups -OCH3 is 1. The first-order valence-electron chi connectivity index (χ1n) is 10.7.